The van der Waals surface area contributed by atoms with Crippen molar-refractivity contribution >= 4 is 69.8 Å². The summed E-state index contributed by atoms with van der Waals surface area (Å²) in [6, 6.07) is 11.2. The van der Waals surface area contributed by atoms with Crippen LogP contribution in [0.25, 0.3) is 17.1 Å². The molecule has 1 aromatic heterocycles. The number of aliphatic imine (C=N–C) groups is 1. The monoisotopic (exact) mass is 401 g/mol. The highest BCUT2D eigenvalue weighted by molar-refractivity contribution is 8.05. The van der Waals surface area contributed by atoms with E-state index in [0.717, 1.165) is 21.5 Å². The van der Waals surface area contributed by atoms with Crippen LogP contribution < -0.4 is 11.1 Å². The Hall–Kier alpha value is -2.28. The Labute approximate surface area is 164 Å². The molecule has 0 amide bonds. The summed E-state index contributed by atoms with van der Waals surface area (Å²) >= 11 is 14.0. The van der Waals surface area contributed by atoms with Crippen LogP contribution in [0.5, 0.6) is 0 Å². The number of allylic oxidation sites excluding steroid dienone is 1. The topological polar surface area (TPSA) is 76.2 Å². The van der Waals surface area contributed by atoms with Crippen LogP contribution in [0.1, 0.15) is 5.56 Å². The molecule has 0 aliphatic carbocycles. The predicted octanol–water partition coefficient (Wildman–Crippen LogP) is 5.07. The van der Waals surface area contributed by atoms with Crippen LogP contribution in [0.2, 0.25) is 10.0 Å². The third kappa shape index (κ3) is 3.62. The molecule has 1 aliphatic heterocycles. The standard InChI is InChI=1S/C18H13Cl2N5S/c19-12-2-1-3-13(20)17(12)25-18-23-8-11(26-18)6-10-4-5-14-15(7-10)24-16(21)9-22-14/h1-9,18,25H,(H2,21,24)/b11-6-. The summed E-state index contributed by atoms with van der Waals surface area (Å²) < 4.78 is 0. The molecule has 0 radical (unpaired) electrons. The summed E-state index contributed by atoms with van der Waals surface area (Å²) in [6.45, 7) is 0. The second kappa shape index (κ2) is 7.15. The smallest absolute Gasteiger partial charge is 0.171 e. The number of benzene rings is 2. The molecule has 5 nitrogen and oxygen atoms in total. The van der Waals surface area contributed by atoms with Crippen molar-refractivity contribution in [3.63, 3.8) is 0 Å². The van der Waals surface area contributed by atoms with E-state index in [2.05, 4.69) is 20.3 Å². The lowest BCUT2D eigenvalue weighted by atomic mass is 10.2. The maximum Gasteiger partial charge on any atom is 0.171 e. The number of thioether (sulfide) groups is 1. The van der Waals surface area contributed by atoms with E-state index in [1.165, 1.54) is 0 Å². The second-order valence-electron chi connectivity index (χ2n) is 5.58. The van der Waals surface area contributed by atoms with Gasteiger partial charge in [-0.05, 0) is 35.9 Å². The van der Waals surface area contributed by atoms with Gasteiger partial charge >= 0.3 is 0 Å². The summed E-state index contributed by atoms with van der Waals surface area (Å²) in [6.07, 6.45) is 5.41. The average molecular weight is 402 g/mol. The number of hydrogen-bond donors (Lipinski definition) is 2. The van der Waals surface area contributed by atoms with Crippen LogP contribution in [-0.2, 0) is 0 Å². The number of para-hydroxylation sites is 1. The first kappa shape index (κ1) is 17.1. The molecule has 130 valence electrons. The van der Waals surface area contributed by atoms with Crippen LogP contribution in [0.15, 0.2) is 52.5 Å². The van der Waals surface area contributed by atoms with Crippen molar-refractivity contribution in [2.24, 2.45) is 4.99 Å². The Kier molecular flexibility index (Phi) is 4.72. The predicted molar refractivity (Wildman–Crippen MR) is 112 cm³/mol. The number of anilines is 2. The van der Waals surface area contributed by atoms with E-state index in [-0.39, 0.29) is 5.50 Å². The zero-order chi connectivity index (χ0) is 18.1. The third-order valence-electron chi connectivity index (χ3n) is 3.71. The molecule has 1 unspecified atom stereocenters. The SMILES string of the molecule is Nc1cnc2ccc(/C=C3/C=NC(Nc4c(Cl)cccc4Cl)S3)cc2n1. The van der Waals surface area contributed by atoms with Crippen LogP contribution >= 0.6 is 35.0 Å². The zero-order valence-corrected chi connectivity index (χ0v) is 15.7. The van der Waals surface area contributed by atoms with Gasteiger partial charge in [0.05, 0.1) is 33.0 Å². The molecular weight excluding hydrogens is 389 g/mol. The first-order chi connectivity index (χ1) is 12.6. The van der Waals surface area contributed by atoms with Crippen LogP contribution in [0.4, 0.5) is 11.5 Å². The molecule has 0 saturated heterocycles. The molecule has 8 heteroatoms. The van der Waals surface area contributed by atoms with Gasteiger partial charge in [-0.1, -0.05) is 47.1 Å². The van der Waals surface area contributed by atoms with E-state index < -0.39 is 0 Å². The Morgan fingerprint density at radius 2 is 1.92 bits per heavy atom. The first-order valence-corrected chi connectivity index (χ1v) is 9.36. The molecule has 0 saturated carbocycles. The van der Waals surface area contributed by atoms with Crippen molar-refractivity contribution in [3.05, 3.63) is 63.1 Å². The van der Waals surface area contributed by atoms with Gasteiger partial charge in [0.2, 0.25) is 0 Å². The fourth-order valence-corrected chi connectivity index (χ4v) is 3.91. The fraction of sp³-hybridized carbons (Fsp3) is 0.0556. The Morgan fingerprint density at radius 3 is 2.73 bits per heavy atom. The summed E-state index contributed by atoms with van der Waals surface area (Å²) in [5.74, 6) is 0.403. The highest BCUT2D eigenvalue weighted by atomic mass is 35.5. The van der Waals surface area contributed by atoms with Gasteiger partial charge in [0.25, 0.3) is 0 Å². The fourth-order valence-electron chi connectivity index (χ4n) is 2.52. The number of nitrogens with two attached hydrogens (primary N) is 1. The first-order valence-electron chi connectivity index (χ1n) is 7.73. The van der Waals surface area contributed by atoms with Crippen LogP contribution in [0.3, 0.4) is 0 Å². The van der Waals surface area contributed by atoms with E-state index in [9.17, 15) is 0 Å². The summed E-state index contributed by atoms with van der Waals surface area (Å²) in [4.78, 5) is 14.0. The number of halogens is 2. The highest BCUT2D eigenvalue weighted by Gasteiger charge is 2.18. The molecular formula is C18H13Cl2N5S. The van der Waals surface area contributed by atoms with Gasteiger partial charge in [-0.2, -0.15) is 0 Å². The van der Waals surface area contributed by atoms with E-state index in [4.69, 9.17) is 28.9 Å². The summed E-state index contributed by atoms with van der Waals surface area (Å²) in [5, 5.41) is 4.38. The van der Waals surface area contributed by atoms with E-state index in [1.54, 1.807) is 30.1 Å². The maximum absolute atomic E-state index is 6.20. The molecule has 2 aromatic carbocycles. The Bertz CT molecular complexity index is 1030. The molecule has 3 aromatic rings. The van der Waals surface area contributed by atoms with E-state index in [1.807, 2.05) is 36.6 Å². The number of nitrogens with zero attached hydrogens (tertiary/aromatic N) is 3. The summed E-state index contributed by atoms with van der Waals surface area (Å²) in [5.41, 5.74) is 8.78. The number of hydrogen-bond acceptors (Lipinski definition) is 6. The average Bonchev–Trinajstić information content (AvgIpc) is 3.05. The van der Waals surface area contributed by atoms with Crippen molar-refractivity contribution in [2.75, 3.05) is 11.1 Å². The second-order valence-corrected chi connectivity index (χ2v) is 7.55. The zero-order valence-electron chi connectivity index (χ0n) is 13.4. The van der Waals surface area contributed by atoms with Crippen LogP contribution in [-0.4, -0.2) is 21.7 Å². The van der Waals surface area contributed by atoms with Crippen molar-refractivity contribution in [1.29, 1.82) is 0 Å². The maximum atomic E-state index is 6.20. The number of nitrogens with one attached hydrogen (secondary N) is 1. The summed E-state index contributed by atoms with van der Waals surface area (Å²) in [7, 11) is 0. The molecule has 26 heavy (non-hydrogen) atoms. The minimum atomic E-state index is -0.186. The minimum Gasteiger partial charge on any atom is -0.382 e. The number of aromatic nitrogens is 2. The Morgan fingerprint density at radius 1 is 1.12 bits per heavy atom. The molecule has 4 rings (SSSR count). The van der Waals surface area contributed by atoms with Crippen molar-refractivity contribution < 1.29 is 0 Å². The van der Waals surface area contributed by atoms with Crippen molar-refractivity contribution in [1.82, 2.24) is 9.97 Å². The minimum absolute atomic E-state index is 0.186. The van der Waals surface area contributed by atoms with E-state index in [0.29, 0.717) is 21.6 Å². The highest BCUT2D eigenvalue weighted by Crippen LogP contribution is 2.35. The van der Waals surface area contributed by atoms with E-state index >= 15 is 0 Å². The van der Waals surface area contributed by atoms with Gasteiger partial charge in [0.1, 0.15) is 5.82 Å². The lowest BCUT2D eigenvalue weighted by Crippen LogP contribution is -2.10. The van der Waals surface area contributed by atoms with Gasteiger partial charge in [-0.3, -0.25) is 9.98 Å². The molecule has 3 N–H and O–H groups in total. The number of rotatable bonds is 3. The number of fused-ring (bicyclic) bond motifs is 1. The van der Waals surface area contributed by atoms with Crippen molar-refractivity contribution in [3.8, 4) is 0 Å². The molecule has 2 heterocycles. The molecule has 0 fully saturated rings. The van der Waals surface area contributed by atoms with Gasteiger partial charge in [-0.15, -0.1) is 0 Å². The molecule has 1 atom stereocenters. The van der Waals surface area contributed by atoms with Crippen molar-refractivity contribution in [2.45, 2.75) is 5.50 Å². The third-order valence-corrected chi connectivity index (χ3v) is 5.30. The number of nitrogen functional groups attached to an aromatic ring is 1. The lowest BCUT2D eigenvalue weighted by molar-refractivity contribution is 1.08. The lowest BCUT2D eigenvalue weighted by Gasteiger charge is -2.13. The van der Waals surface area contributed by atoms with Gasteiger partial charge < -0.3 is 11.1 Å². The molecule has 0 bridgehead atoms. The van der Waals surface area contributed by atoms with Gasteiger partial charge in [0.15, 0.2) is 5.50 Å². The molecule has 0 spiro atoms. The van der Waals surface area contributed by atoms with Crippen LogP contribution in [0, 0.1) is 0 Å². The largest absolute Gasteiger partial charge is 0.382 e. The Balaban J connectivity index is 1.53. The molecule has 1 aliphatic rings. The van der Waals surface area contributed by atoms with Gasteiger partial charge in [-0.25, -0.2) is 4.98 Å². The van der Waals surface area contributed by atoms with Gasteiger partial charge in [0, 0.05) is 11.1 Å². The quantitative estimate of drug-likeness (QED) is 0.640. The normalized spacial score (nSPS) is 17.9.